The minimum Gasteiger partial charge on any atom is -0.350 e. The standard InChI is InChI=1S/C41H52N6/c1-8-9-26(4)20-28(6)40-43-23-37(46-40)33-16-14-31(15-17-33)30-10-12-32(13-11-30)34-18-19-35-36(22-34)45-41(44-35)38-21-27(5)24-47(38)39(42)29(7)25(2)3/h10-19,22-23,25-29,38,42H,8-9,20-21,24H2,1-7H3,(H,43,46)(H,44,45)/t26-,27+,28+,29+,38+/m1/s1. The zero-order valence-corrected chi connectivity index (χ0v) is 29.3. The van der Waals surface area contributed by atoms with Crippen molar-refractivity contribution in [3.63, 3.8) is 0 Å². The SMILES string of the molecule is CCC[C@@H](C)C[C@H](C)c1ncc(-c2ccc(-c3ccc(-c4ccc5nc([C@@H]6C[C@H](C)CN6C(=N)[C@@H](C)C(C)C)[nH]c5c4)cc3)cc2)[nH]1. The van der Waals surface area contributed by atoms with E-state index < -0.39 is 0 Å². The van der Waals surface area contributed by atoms with Crippen LogP contribution >= 0.6 is 0 Å². The fourth-order valence-electron chi connectivity index (χ4n) is 7.27. The molecule has 6 rings (SSSR count). The van der Waals surface area contributed by atoms with Gasteiger partial charge in [-0.2, -0.15) is 0 Å². The van der Waals surface area contributed by atoms with Crippen LogP contribution in [0.25, 0.3) is 44.5 Å². The number of nitrogens with zero attached hydrogens (tertiary/aromatic N) is 3. The zero-order valence-electron chi connectivity index (χ0n) is 29.3. The van der Waals surface area contributed by atoms with Crippen LogP contribution < -0.4 is 0 Å². The number of hydrogen-bond acceptors (Lipinski definition) is 3. The fraction of sp³-hybridized carbons (Fsp3) is 0.439. The molecule has 0 aliphatic carbocycles. The van der Waals surface area contributed by atoms with Crippen LogP contribution in [0.15, 0.2) is 72.9 Å². The molecule has 0 spiro atoms. The van der Waals surface area contributed by atoms with Crippen molar-refractivity contribution in [1.82, 2.24) is 24.8 Å². The van der Waals surface area contributed by atoms with Gasteiger partial charge in [-0.3, -0.25) is 5.41 Å². The molecule has 246 valence electrons. The monoisotopic (exact) mass is 628 g/mol. The second kappa shape index (κ2) is 13.9. The van der Waals surface area contributed by atoms with Gasteiger partial charge in [0, 0.05) is 18.4 Å². The molecule has 1 saturated heterocycles. The number of H-pyrrole nitrogens is 2. The third-order valence-corrected chi connectivity index (χ3v) is 10.4. The molecule has 6 nitrogen and oxygen atoms in total. The van der Waals surface area contributed by atoms with Gasteiger partial charge in [0.25, 0.3) is 0 Å². The van der Waals surface area contributed by atoms with E-state index in [-0.39, 0.29) is 12.0 Å². The maximum absolute atomic E-state index is 8.93. The maximum atomic E-state index is 8.93. The number of rotatable bonds is 11. The van der Waals surface area contributed by atoms with Crippen molar-refractivity contribution < 1.29 is 0 Å². The van der Waals surface area contributed by atoms with Crippen molar-refractivity contribution in [2.75, 3.05) is 6.54 Å². The highest BCUT2D eigenvalue weighted by molar-refractivity contribution is 5.84. The van der Waals surface area contributed by atoms with E-state index in [9.17, 15) is 0 Å². The molecule has 2 aromatic heterocycles. The van der Waals surface area contributed by atoms with E-state index in [1.165, 1.54) is 35.1 Å². The van der Waals surface area contributed by atoms with Crippen molar-refractivity contribution in [2.45, 2.75) is 86.1 Å². The summed E-state index contributed by atoms with van der Waals surface area (Å²) in [7, 11) is 0. The van der Waals surface area contributed by atoms with Crippen molar-refractivity contribution in [3.8, 4) is 33.5 Å². The van der Waals surface area contributed by atoms with Gasteiger partial charge in [0.05, 0.1) is 34.8 Å². The molecule has 0 amide bonds. The van der Waals surface area contributed by atoms with E-state index in [1.54, 1.807) is 0 Å². The molecule has 5 atom stereocenters. The first-order valence-electron chi connectivity index (χ1n) is 17.7. The summed E-state index contributed by atoms with van der Waals surface area (Å²) in [4.78, 5) is 19.2. The van der Waals surface area contributed by atoms with Crippen LogP contribution in [-0.4, -0.2) is 37.2 Å². The lowest BCUT2D eigenvalue weighted by Gasteiger charge is -2.30. The summed E-state index contributed by atoms with van der Waals surface area (Å²) in [5, 5.41) is 8.93. The molecule has 0 bridgehead atoms. The van der Waals surface area contributed by atoms with Crippen molar-refractivity contribution >= 4 is 16.9 Å². The zero-order chi connectivity index (χ0) is 33.2. The fourth-order valence-corrected chi connectivity index (χ4v) is 7.27. The molecule has 0 unspecified atom stereocenters. The Kier molecular flexibility index (Phi) is 9.67. The number of amidine groups is 1. The molecule has 3 heterocycles. The first kappa shape index (κ1) is 32.7. The van der Waals surface area contributed by atoms with Gasteiger partial charge in [0.1, 0.15) is 11.6 Å². The first-order chi connectivity index (χ1) is 22.6. The van der Waals surface area contributed by atoms with E-state index in [1.807, 2.05) is 6.20 Å². The van der Waals surface area contributed by atoms with Crippen LogP contribution in [0.3, 0.4) is 0 Å². The number of fused-ring (bicyclic) bond motifs is 1. The highest BCUT2D eigenvalue weighted by Gasteiger charge is 2.36. The van der Waals surface area contributed by atoms with Gasteiger partial charge in [-0.25, -0.2) is 9.97 Å². The summed E-state index contributed by atoms with van der Waals surface area (Å²) in [5.74, 6) is 5.14. The smallest absolute Gasteiger partial charge is 0.130 e. The molecule has 1 fully saturated rings. The van der Waals surface area contributed by atoms with E-state index in [2.05, 4.69) is 130 Å². The maximum Gasteiger partial charge on any atom is 0.130 e. The van der Waals surface area contributed by atoms with Gasteiger partial charge in [-0.15, -0.1) is 0 Å². The Morgan fingerprint density at radius 1 is 0.872 bits per heavy atom. The Morgan fingerprint density at radius 3 is 2.13 bits per heavy atom. The van der Waals surface area contributed by atoms with Gasteiger partial charge >= 0.3 is 0 Å². The van der Waals surface area contributed by atoms with Crippen molar-refractivity contribution in [2.24, 2.45) is 23.7 Å². The summed E-state index contributed by atoms with van der Waals surface area (Å²) in [5.41, 5.74) is 9.01. The molecule has 1 aliphatic heterocycles. The van der Waals surface area contributed by atoms with Gasteiger partial charge in [-0.1, -0.05) is 116 Å². The molecule has 0 radical (unpaired) electrons. The Hall–Kier alpha value is -4.19. The number of hydrogen-bond donors (Lipinski definition) is 3. The predicted molar refractivity (Wildman–Crippen MR) is 197 cm³/mol. The quantitative estimate of drug-likeness (QED) is 0.100. The van der Waals surface area contributed by atoms with E-state index >= 15 is 0 Å². The summed E-state index contributed by atoms with van der Waals surface area (Å²) in [6.07, 6.45) is 6.66. The predicted octanol–water partition coefficient (Wildman–Crippen LogP) is 10.9. The summed E-state index contributed by atoms with van der Waals surface area (Å²) >= 11 is 0. The number of aromatic nitrogens is 4. The average Bonchev–Trinajstić information content (AvgIpc) is 3.82. The largest absolute Gasteiger partial charge is 0.350 e. The second-order valence-corrected chi connectivity index (χ2v) is 14.6. The third kappa shape index (κ3) is 7.07. The molecule has 3 N–H and O–H groups in total. The lowest BCUT2D eigenvalue weighted by Crippen LogP contribution is -2.36. The molecular formula is C41H52N6. The summed E-state index contributed by atoms with van der Waals surface area (Å²) in [6, 6.07) is 24.2. The van der Waals surface area contributed by atoms with Gasteiger partial charge in [-0.05, 0) is 70.5 Å². The Balaban J connectivity index is 1.15. The van der Waals surface area contributed by atoms with E-state index in [0.717, 1.165) is 59.2 Å². The number of likely N-dealkylation sites (tertiary alicyclic amines) is 1. The molecule has 47 heavy (non-hydrogen) atoms. The van der Waals surface area contributed by atoms with Crippen LogP contribution in [0.1, 0.15) is 97.8 Å². The number of benzene rings is 3. The molecule has 5 aromatic rings. The lowest BCUT2D eigenvalue weighted by molar-refractivity contribution is 0.345. The third-order valence-electron chi connectivity index (χ3n) is 10.4. The topological polar surface area (TPSA) is 84.4 Å². The van der Waals surface area contributed by atoms with Gasteiger partial charge in [0.15, 0.2) is 0 Å². The van der Waals surface area contributed by atoms with Crippen LogP contribution in [0.5, 0.6) is 0 Å². The minimum atomic E-state index is 0.124. The number of nitrogens with one attached hydrogen (secondary N) is 3. The van der Waals surface area contributed by atoms with Crippen LogP contribution in [0.4, 0.5) is 0 Å². The van der Waals surface area contributed by atoms with Crippen LogP contribution in [0, 0.1) is 29.1 Å². The average molecular weight is 629 g/mol. The normalized spacial score (nSPS) is 18.6. The molecular weight excluding hydrogens is 576 g/mol. The Labute approximate surface area is 281 Å². The summed E-state index contributed by atoms with van der Waals surface area (Å²) in [6.45, 7) is 16.7. The molecule has 3 aromatic carbocycles. The highest BCUT2D eigenvalue weighted by atomic mass is 15.2. The van der Waals surface area contributed by atoms with E-state index in [4.69, 9.17) is 15.4 Å². The van der Waals surface area contributed by atoms with Gasteiger partial charge in [0.2, 0.25) is 0 Å². The van der Waals surface area contributed by atoms with Gasteiger partial charge < -0.3 is 14.9 Å². The highest BCUT2D eigenvalue weighted by Crippen LogP contribution is 2.37. The lowest BCUT2D eigenvalue weighted by atomic mass is 9.93. The molecule has 6 heteroatoms. The Morgan fingerprint density at radius 2 is 1.49 bits per heavy atom. The number of aromatic amines is 2. The second-order valence-electron chi connectivity index (χ2n) is 14.6. The Bertz CT molecular complexity index is 1790. The first-order valence-corrected chi connectivity index (χ1v) is 17.7. The number of imidazole rings is 2. The van der Waals surface area contributed by atoms with E-state index in [0.29, 0.717) is 23.7 Å². The van der Waals surface area contributed by atoms with Crippen LogP contribution in [0.2, 0.25) is 0 Å². The summed E-state index contributed by atoms with van der Waals surface area (Å²) < 4.78 is 0. The minimum absolute atomic E-state index is 0.124. The van der Waals surface area contributed by atoms with Crippen molar-refractivity contribution in [1.29, 1.82) is 5.41 Å². The molecule has 1 aliphatic rings. The van der Waals surface area contributed by atoms with Crippen LogP contribution in [-0.2, 0) is 0 Å². The molecule has 0 saturated carbocycles. The van der Waals surface area contributed by atoms with Crippen molar-refractivity contribution in [3.05, 3.63) is 84.6 Å².